The highest BCUT2D eigenvalue weighted by atomic mass is 16.5. The van der Waals surface area contributed by atoms with E-state index >= 15 is 0 Å². The molecule has 1 amide bonds. The van der Waals surface area contributed by atoms with Gasteiger partial charge in [0.2, 0.25) is 0 Å². The van der Waals surface area contributed by atoms with Crippen LogP contribution in [-0.2, 0) is 9.59 Å². The number of nitrogens with one attached hydrogen (secondary N) is 2. The molecule has 6 heteroatoms. The molecule has 0 unspecified atom stereocenters. The van der Waals surface area contributed by atoms with Crippen LogP contribution >= 0.6 is 0 Å². The maximum atomic E-state index is 13.4. The van der Waals surface area contributed by atoms with E-state index < -0.39 is 5.92 Å². The van der Waals surface area contributed by atoms with Gasteiger partial charge in [0.15, 0.2) is 5.78 Å². The van der Waals surface area contributed by atoms with Crippen molar-refractivity contribution in [2.45, 2.75) is 39.0 Å². The van der Waals surface area contributed by atoms with Crippen LogP contribution in [0, 0.1) is 6.92 Å². The topological polar surface area (TPSA) is 80.3 Å². The molecule has 4 rings (SSSR count). The van der Waals surface area contributed by atoms with Gasteiger partial charge in [-0.25, -0.2) is 4.98 Å². The summed E-state index contributed by atoms with van der Waals surface area (Å²) in [6.07, 6.45) is 2.09. The van der Waals surface area contributed by atoms with Crippen molar-refractivity contribution in [1.29, 1.82) is 0 Å². The van der Waals surface area contributed by atoms with Crippen molar-refractivity contribution >= 4 is 17.5 Å². The number of hydrogen-bond donors (Lipinski definition) is 2. The van der Waals surface area contributed by atoms with Gasteiger partial charge < -0.3 is 15.4 Å². The molecule has 0 fully saturated rings. The number of rotatable bonds is 4. The molecular formula is C24H25N3O3. The summed E-state index contributed by atoms with van der Waals surface area (Å²) in [4.78, 5) is 30.8. The van der Waals surface area contributed by atoms with Crippen LogP contribution in [0.2, 0.25) is 0 Å². The standard InChI is InChI=1S/C24H25N3O3/c1-14-8-6-13-20(25-14)27-24(29)21-15(2)26-17-10-7-11-18(28)23(17)22(21)16-9-4-5-12-19(16)30-3/h4-6,8-9,12-13,22,26H,7,10-11H2,1-3H3,(H,25,27,29)/t22-/m1/s1. The van der Waals surface area contributed by atoms with E-state index in [1.165, 1.54) is 0 Å². The second-order valence-corrected chi connectivity index (χ2v) is 7.63. The smallest absolute Gasteiger partial charge is 0.255 e. The normalized spacial score (nSPS) is 18.6. The average Bonchev–Trinajstić information content (AvgIpc) is 2.72. The van der Waals surface area contributed by atoms with Crippen LogP contribution in [0.5, 0.6) is 5.75 Å². The first-order valence-corrected chi connectivity index (χ1v) is 10.1. The number of nitrogens with zero attached hydrogens (tertiary/aromatic N) is 1. The Hall–Kier alpha value is -3.41. The van der Waals surface area contributed by atoms with Crippen LogP contribution in [0.25, 0.3) is 0 Å². The van der Waals surface area contributed by atoms with E-state index in [0.29, 0.717) is 29.1 Å². The second-order valence-electron chi connectivity index (χ2n) is 7.63. The minimum atomic E-state index is -0.491. The minimum absolute atomic E-state index is 0.0751. The molecule has 1 aromatic heterocycles. The number of anilines is 1. The maximum absolute atomic E-state index is 13.4. The number of benzene rings is 1. The summed E-state index contributed by atoms with van der Waals surface area (Å²) in [5, 5.41) is 6.24. The maximum Gasteiger partial charge on any atom is 0.255 e. The van der Waals surface area contributed by atoms with E-state index in [1.54, 1.807) is 13.2 Å². The summed E-state index contributed by atoms with van der Waals surface area (Å²) >= 11 is 0. The number of allylic oxidation sites excluding steroid dienone is 3. The molecule has 1 aliphatic heterocycles. The number of Topliss-reactive ketones (excluding diaryl/α,β-unsaturated/α-hetero) is 1. The van der Waals surface area contributed by atoms with Crippen LogP contribution in [0.4, 0.5) is 5.82 Å². The number of methoxy groups -OCH3 is 1. The lowest BCUT2D eigenvalue weighted by Gasteiger charge is -2.35. The van der Waals surface area contributed by atoms with Gasteiger partial charge in [-0.05, 0) is 44.9 Å². The first-order chi connectivity index (χ1) is 14.5. The Morgan fingerprint density at radius 3 is 2.70 bits per heavy atom. The van der Waals surface area contributed by atoms with E-state index in [2.05, 4.69) is 15.6 Å². The third kappa shape index (κ3) is 3.61. The van der Waals surface area contributed by atoms with Crippen molar-refractivity contribution in [1.82, 2.24) is 10.3 Å². The Morgan fingerprint density at radius 1 is 1.13 bits per heavy atom. The highest BCUT2D eigenvalue weighted by Crippen LogP contribution is 2.45. The van der Waals surface area contributed by atoms with Crippen molar-refractivity contribution in [3.8, 4) is 5.75 Å². The van der Waals surface area contributed by atoms with E-state index in [-0.39, 0.29) is 11.7 Å². The predicted molar refractivity (Wildman–Crippen MR) is 115 cm³/mol. The average molecular weight is 403 g/mol. The van der Waals surface area contributed by atoms with Gasteiger partial charge in [0.05, 0.1) is 13.0 Å². The quantitative estimate of drug-likeness (QED) is 0.806. The zero-order chi connectivity index (χ0) is 21.3. The lowest BCUT2D eigenvalue weighted by atomic mass is 9.74. The summed E-state index contributed by atoms with van der Waals surface area (Å²) in [6, 6.07) is 13.0. The number of ether oxygens (including phenoxy) is 1. The molecular weight excluding hydrogens is 378 g/mol. The molecule has 0 saturated carbocycles. The second kappa shape index (κ2) is 8.14. The van der Waals surface area contributed by atoms with Gasteiger partial charge in [0, 0.05) is 40.2 Å². The molecule has 2 heterocycles. The summed E-state index contributed by atoms with van der Waals surface area (Å²) in [5.41, 5.74) is 4.45. The number of para-hydroxylation sites is 1. The molecule has 6 nitrogen and oxygen atoms in total. The third-order valence-electron chi connectivity index (χ3n) is 5.60. The molecule has 1 aromatic carbocycles. The highest BCUT2D eigenvalue weighted by molar-refractivity contribution is 6.09. The largest absolute Gasteiger partial charge is 0.496 e. The van der Waals surface area contributed by atoms with Crippen LogP contribution in [0.15, 0.2) is 65.0 Å². The zero-order valence-corrected chi connectivity index (χ0v) is 17.4. The number of amides is 1. The fourth-order valence-electron chi connectivity index (χ4n) is 4.30. The number of hydrogen-bond acceptors (Lipinski definition) is 5. The summed E-state index contributed by atoms with van der Waals surface area (Å²) in [6.45, 7) is 3.75. The molecule has 0 radical (unpaired) electrons. The highest BCUT2D eigenvalue weighted by Gasteiger charge is 2.39. The lowest BCUT2D eigenvalue weighted by molar-refractivity contribution is -0.116. The van der Waals surface area contributed by atoms with E-state index in [9.17, 15) is 9.59 Å². The number of carbonyl (C=O) groups is 2. The van der Waals surface area contributed by atoms with Gasteiger partial charge in [-0.15, -0.1) is 0 Å². The van der Waals surface area contributed by atoms with Gasteiger partial charge in [0.1, 0.15) is 11.6 Å². The molecule has 0 saturated heterocycles. The summed E-state index contributed by atoms with van der Waals surface area (Å²) in [7, 11) is 1.60. The lowest BCUT2D eigenvalue weighted by Crippen LogP contribution is -2.35. The van der Waals surface area contributed by atoms with Crippen molar-refractivity contribution in [2.24, 2.45) is 0 Å². The zero-order valence-electron chi connectivity index (χ0n) is 17.4. The summed E-state index contributed by atoms with van der Waals surface area (Å²) < 4.78 is 5.59. The summed E-state index contributed by atoms with van der Waals surface area (Å²) in [5.74, 6) is 0.440. The van der Waals surface area contributed by atoms with Crippen molar-refractivity contribution < 1.29 is 14.3 Å². The molecule has 154 valence electrons. The number of dihydropyridines is 1. The number of aryl methyl sites for hydroxylation is 1. The number of carbonyl (C=O) groups excluding carboxylic acids is 2. The van der Waals surface area contributed by atoms with E-state index in [1.807, 2.05) is 50.2 Å². The van der Waals surface area contributed by atoms with Crippen molar-refractivity contribution in [3.05, 3.63) is 76.3 Å². The number of pyridine rings is 1. The van der Waals surface area contributed by atoms with Gasteiger partial charge >= 0.3 is 0 Å². The minimum Gasteiger partial charge on any atom is -0.496 e. The number of ketones is 1. The monoisotopic (exact) mass is 403 g/mol. The van der Waals surface area contributed by atoms with Gasteiger partial charge in [-0.3, -0.25) is 9.59 Å². The first-order valence-electron chi connectivity index (χ1n) is 10.1. The van der Waals surface area contributed by atoms with Gasteiger partial charge in [-0.1, -0.05) is 24.3 Å². The van der Waals surface area contributed by atoms with E-state index in [0.717, 1.165) is 35.5 Å². The molecule has 30 heavy (non-hydrogen) atoms. The molecule has 0 spiro atoms. The molecule has 2 aromatic rings. The number of aromatic nitrogens is 1. The molecule has 2 N–H and O–H groups in total. The molecule has 1 atom stereocenters. The Morgan fingerprint density at radius 2 is 1.93 bits per heavy atom. The Bertz CT molecular complexity index is 1080. The third-order valence-corrected chi connectivity index (χ3v) is 5.60. The van der Waals surface area contributed by atoms with Crippen LogP contribution < -0.4 is 15.4 Å². The Kier molecular flexibility index (Phi) is 5.40. The van der Waals surface area contributed by atoms with Crippen LogP contribution in [0.3, 0.4) is 0 Å². The fourth-order valence-corrected chi connectivity index (χ4v) is 4.30. The van der Waals surface area contributed by atoms with Gasteiger partial charge in [-0.2, -0.15) is 0 Å². The van der Waals surface area contributed by atoms with E-state index in [4.69, 9.17) is 4.74 Å². The SMILES string of the molecule is COc1ccccc1[C@@H]1C(C(=O)Nc2cccc(C)n2)=C(C)NC2=C1C(=O)CCC2. The van der Waals surface area contributed by atoms with Crippen LogP contribution in [-0.4, -0.2) is 23.8 Å². The van der Waals surface area contributed by atoms with Crippen LogP contribution in [0.1, 0.15) is 43.4 Å². The first kappa shape index (κ1) is 19.9. The van der Waals surface area contributed by atoms with Gasteiger partial charge in [0.25, 0.3) is 5.91 Å². The fraction of sp³-hybridized carbons (Fsp3) is 0.292. The predicted octanol–water partition coefficient (Wildman–Crippen LogP) is 4.01. The molecule has 1 aliphatic carbocycles. The van der Waals surface area contributed by atoms with Crippen molar-refractivity contribution in [3.63, 3.8) is 0 Å². The molecule has 2 aliphatic rings. The molecule has 0 bridgehead atoms. The van der Waals surface area contributed by atoms with Crippen molar-refractivity contribution in [2.75, 3.05) is 12.4 Å². The Balaban J connectivity index is 1.82. The Labute approximate surface area is 176 Å².